The van der Waals surface area contributed by atoms with Gasteiger partial charge in [-0.25, -0.2) is 0 Å². The van der Waals surface area contributed by atoms with E-state index in [9.17, 15) is 0 Å². The molecule has 5 aliphatic rings. The lowest BCUT2D eigenvalue weighted by molar-refractivity contribution is -0.0399. The summed E-state index contributed by atoms with van der Waals surface area (Å²) in [6.45, 7) is 0. The van der Waals surface area contributed by atoms with E-state index in [1.54, 1.807) is 11.1 Å². The first-order valence-corrected chi connectivity index (χ1v) is 18.1. The van der Waals surface area contributed by atoms with E-state index in [1.807, 2.05) is 24.5 Å². The van der Waals surface area contributed by atoms with E-state index in [4.69, 9.17) is 9.97 Å². The van der Waals surface area contributed by atoms with E-state index in [0.29, 0.717) is 0 Å². The van der Waals surface area contributed by atoms with Crippen molar-refractivity contribution >= 4 is 38.9 Å². The zero-order valence-corrected chi connectivity index (χ0v) is 27.5. The largest absolute Gasteiger partial charge is 0.310 e. The first-order valence-electron chi connectivity index (χ1n) is 18.1. The summed E-state index contributed by atoms with van der Waals surface area (Å²) in [5.74, 6) is 3.37. The first kappa shape index (κ1) is 27.6. The van der Waals surface area contributed by atoms with Gasteiger partial charge in [0.25, 0.3) is 0 Å². The van der Waals surface area contributed by atoms with Crippen LogP contribution in [0.1, 0.15) is 43.2 Å². The van der Waals surface area contributed by atoms with Crippen LogP contribution in [0, 0.1) is 23.7 Å². The SMILES string of the molecule is c1ccc(-c2ccc(N(c3ccc4c(c3)-c3ccccc3C43C4CC5CC(C4)CC3C5)c3cc4cccnc4c4ncccc34)cc2)cc1. The smallest absolute Gasteiger partial charge is 0.0985 e. The molecule has 12 rings (SSSR count). The van der Waals surface area contributed by atoms with Gasteiger partial charge in [0, 0.05) is 40.0 Å². The fraction of sp³-hybridized carbons (Fsp3) is 0.217. The summed E-state index contributed by atoms with van der Waals surface area (Å²) in [4.78, 5) is 12.1. The normalized spacial score (nSPS) is 24.4. The summed E-state index contributed by atoms with van der Waals surface area (Å²) in [6.07, 6.45) is 10.8. The zero-order chi connectivity index (χ0) is 32.1. The molecule has 5 aliphatic carbocycles. The molecule has 4 fully saturated rings. The Morgan fingerprint density at radius 1 is 0.510 bits per heavy atom. The third-order valence-corrected chi connectivity index (χ3v) is 12.7. The van der Waals surface area contributed by atoms with Crippen molar-refractivity contribution in [1.82, 2.24) is 9.97 Å². The topological polar surface area (TPSA) is 29.0 Å². The molecule has 4 bridgehead atoms. The maximum atomic E-state index is 4.89. The Balaban J connectivity index is 1.14. The van der Waals surface area contributed by atoms with Crippen LogP contribution in [0.15, 0.2) is 140 Å². The molecule has 0 atom stereocenters. The molecule has 5 aromatic carbocycles. The molecule has 0 N–H and O–H groups in total. The molecule has 49 heavy (non-hydrogen) atoms. The number of hydrogen-bond acceptors (Lipinski definition) is 3. The van der Waals surface area contributed by atoms with E-state index in [0.717, 1.165) is 56.9 Å². The Kier molecular flexibility index (Phi) is 5.85. The van der Waals surface area contributed by atoms with Crippen LogP contribution in [-0.4, -0.2) is 9.97 Å². The van der Waals surface area contributed by atoms with E-state index < -0.39 is 0 Å². The minimum Gasteiger partial charge on any atom is -0.310 e. The standard InChI is InChI=1S/C46H37N3/c1-2-8-31(9-3-1)32-14-16-36(17-15-32)49(43-27-33-10-6-20-47-44(33)45-39(43)12-7-21-48-45)37-18-19-42-40(28-37)38-11-4-5-13-41(38)46(42)34-23-29-22-30(25-34)26-35(46)24-29/h1-21,27-30,34-35H,22-26H2. The fourth-order valence-corrected chi connectivity index (χ4v) is 11.1. The van der Waals surface area contributed by atoms with Crippen LogP contribution >= 0.6 is 0 Å². The van der Waals surface area contributed by atoms with Crippen molar-refractivity contribution in [3.05, 3.63) is 151 Å². The van der Waals surface area contributed by atoms with Crippen molar-refractivity contribution in [2.45, 2.75) is 37.5 Å². The van der Waals surface area contributed by atoms with Gasteiger partial charge in [-0.15, -0.1) is 0 Å². The second kappa shape index (κ2) is 10.4. The highest BCUT2D eigenvalue weighted by atomic mass is 15.1. The van der Waals surface area contributed by atoms with Crippen LogP contribution < -0.4 is 4.90 Å². The Morgan fingerprint density at radius 2 is 1.16 bits per heavy atom. The van der Waals surface area contributed by atoms with Crippen LogP contribution in [0.4, 0.5) is 17.1 Å². The number of fused-ring (bicyclic) bond motifs is 6. The Morgan fingerprint density at radius 3 is 1.96 bits per heavy atom. The van der Waals surface area contributed by atoms with Gasteiger partial charge in [-0.3, -0.25) is 9.97 Å². The van der Waals surface area contributed by atoms with Crippen molar-refractivity contribution in [2.24, 2.45) is 23.7 Å². The number of anilines is 3. The summed E-state index contributed by atoms with van der Waals surface area (Å²) in [7, 11) is 0. The third-order valence-electron chi connectivity index (χ3n) is 12.7. The highest BCUT2D eigenvalue weighted by molar-refractivity contribution is 6.11. The molecule has 0 amide bonds. The van der Waals surface area contributed by atoms with Crippen LogP contribution in [0.2, 0.25) is 0 Å². The number of nitrogens with zero attached hydrogens (tertiary/aromatic N) is 3. The van der Waals surface area contributed by atoms with Crippen molar-refractivity contribution in [3.8, 4) is 22.3 Å². The quantitative estimate of drug-likeness (QED) is 0.181. The van der Waals surface area contributed by atoms with Gasteiger partial charge in [-0.2, -0.15) is 0 Å². The maximum absolute atomic E-state index is 4.89. The molecular formula is C46H37N3. The van der Waals surface area contributed by atoms with Gasteiger partial charge in [0.2, 0.25) is 0 Å². The Labute approximate surface area is 287 Å². The minimum absolute atomic E-state index is 0.158. The average Bonchev–Trinajstić information content (AvgIpc) is 3.44. The number of aromatic nitrogens is 2. The van der Waals surface area contributed by atoms with Gasteiger partial charge in [0.1, 0.15) is 0 Å². The highest BCUT2D eigenvalue weighted by Crippen LogP contribution is 2.69. The number of pyridine rings is 2. The summed E-state index contributed by atoms with van der Waals surface area (Å²) in [6, 6.07) is 47.3. The second-order valence-electron chi connectivity index (χ2n) is 15.1. The van der Waals surface area contributed by atoms with Gasteiger partial charge in [0.05, 0.1) is 16.7 Å². The molecule has 3 heteroatoms. The molecule has 3 nitrogen and oxygen atoms in total. The minimum atomic E-state index is 0.158. The number of rotatable bonds is 4. The lowest BCUT2D eigenvalue weighted by Gasteiger charge is -2.61. The molecule has 0 aliphatic heterocycles. The van der Waals surface area contributed by atoms with Gasteiger partial charge >= 0.3 is 0 Å². The van der Waals surface area contributed by atoms with Crippen molar-refractivity contribution < 1.29 is 0 Å². The lowest BCUT2D eigenvalue weighted by atomic mass is 9.43. The first-order chi connectivity index (χ1) is 24.3. The molecule has 4 saturated carbocycles. The molecule has 2 aromatic heterocycles. The Hall–Kier alpha value is -5.28. The monoisotopic (exact) mass is 631 g/mol. The predicted molar refractivity (Wildman–Crippen MR) is 200 cm³/mol. The number of benzene rings is 5. The van der Waals surface area contributed by atoms with Crippen molar-refractivity contribution in [3.63, 3.8) is 0 Å². The molecule has 0 radical (unpaired) electrons. The number of hydrogen-bond donors (Lipinski definition) is 0. The van der Waals surface area contributed by atoms with E-state index in [1.165, 1.54) is 60.0 Å². The average molecular weight is 632 g/mol. The van der Waals surface area contributed by atoms with Crippen LogP contribution in [-0.2, 0) is 5.41 Å². The molecule has 7 aromatic rings. The Bertz CT molecular complexity index is 2380. The highest BCUT2D eigenvalue weighted by Gasteiger charge is 2.61. The van der Waals surface area contributed by atoms with E-state index in [2.05, 4.69) is 120 Å². The summed E-state index contributed by atoms with van der Waals surface area (Å²) < 4.78 is 0. The van der Waals surface area contributed by atoms with Gasteiger partial charge in [-0.1, -0.05) is 78.9 Å². The molecule has 2 heterocycles. The van der Waals surface area contributed by atoms with Crippen LogP contribution in [0.5, 0.6) is 0 Å². The molecule has 0 saturated heterocycles. The van der Waals surface area contributed by atoms with Gasteiger partial charge < -0.3 is 4.90 Å². The molecular weight excluding hydrogens is 595 g/mol. The molecule has 236 valence electrons. The predicted octanol–water partition coefficient (Wildman–Crippen LogP) is 11.6. The zero-order valence-electron chi connectivity index (χ0n) is 27.5. The van der Waals surface area contributed by atoms with Crippen molar-refractivity contribution in [1.29, 1.82) is 0 Å². The van der Waals surface area contributed by atoms with E-state index >= 15 is 0 Å². The molecule has 1 spiro atoms. The van der Waals surface area contributed by atoms with Crippen LogP contribution in [0.3, 0.4) is 0 Å². The third kappa shape index (κ3) is 3.90. The lowest BCUT2D eigenvalue weighted by Crippen LogP contribution is -2.55. The van der Waals surface area contributed by atoms with Crippen LogP contribution in [0.25, 0.3) is 44.1 Å². The summed E-state index contributed by atoms with van der Waals surface area (Å²) in [5, 5.41) is 2.19. The van der Waals surface area contributed by atoms with Gasteiger partial charge in [-0.05, 0) is 138 Å². The summed E-state index contributed by atoms with van der Waals surface area (Å²) in [5.41, 5.74) is 13.9. The fourth-order valence-electron chi connectivity index (χ4n) is 11.1. The summed E-state index contributed by atoms with van der Waals surface area (Å²) >= 11 is 0. The maximum Gasteiger partial charge on any atom is 0.0985 e. The van der Waals surface area contributed by atoms with Crippen molar-refractivity contribution in [2.75, 3.05) is 4.90 Å². The van der Waals surface area contributed by atoms with E-state index in [-0.39, 0.29) is 5.41 Å². The molecule has 0 unspecified atom stereocenters. The second-order valence-corrected chi connectivity index (χ2v) is 15.1. The van der Waals surface area contributed by atoms with Gasteiger partial charge in [0.15, 0.2) is 0 Å².